The minimum absolute atomic E-state index is 0.00930. The number of benzene rings is 2. The van der Waals surface area contributed by atoms with E-state index in [1.165, 1.54) is 19.2 Å². The maximum atomic E-state index is 13.0. The zero-order valence-corrected chi connectivity index (χ0v) is 15.0. The Morgan fingerprint density at radius 2 is 1.96 bits per heavy atom. The lowest BCUT2D eigenvalue weighted by molar-refractivity contribution is -0.148. The molecule has 0 radical (unpaired) electrons. The van der Waals surface area contributed by atoms with Gasteiger partial charge >= 0.3 is 5.97 Å². The molecule has 0 spiro atoms. The minimum atomic E-state index is -1.01. The normalized spacial score (nSPS) is 16.2. The molecule has 1 aliphatic heterocycles. The molecule has 2 aromatic carbocycles. The smallest absolute Gasteiger partial charge is 0.325 e. The number of nitrogens with zero attached hydrogens (tertiary/aromatic N) is 2. The van der Waals surface area contributed by atoms with Gasteiger partial charge in [-0.2, -0.15) is 0 Å². The SMILES string of the molecule is COc1cccc([C@@H](C(=O)O)N2CCN(Cc3ccc(F)cc3)C(=O)C2)c1. The van der Waals surface area contributed by atoms with Gasteiger partial charge in [0.05, 0.1) is 13.7 Å². The maximum Gasteiger partial charge on any atom is 0.325 e. The van der Waals surface area contributed by atoms with Gasteiger partial charge in [-0.05, 0) is 35.4 Å². The second-order valence-corrected chi connectivity index (χ2v) is 6.43. The van der Waals surface area contributed by atoms with Gasteiger partial charge in [-0.15, -0.1) is 0 Å². The van der Waals surface area contributed by atoms with Crippen molar-refractivity contribution in [3.8, 4) is 5.75 Å². The average Bonchev–Trinajstić information content (AvgIpc) is 2.65. The van der Waals surface area contributed by atoms with Crippen LogP contribution in [0.15, 0.2) is 48.5 Å². The number of carboxylic acids is 1. The largest absolute Gasteiger partial charge is 0.497 e. The number of ether oxygens (including phenoxy) is 1. The van der Waals surface area contributed by atoms with Crippen molar-refractivity contribution in [1.29, 1.82) is 0 Å². The van der Waals surface area contributed by atoms with E-state index in [4.69, 9.17) is 4.74 Å². The van der Waals surface area contributed by atoms with Crippen LogP contribution in [0.5, 0.6) is 5.75 Å². The number of carbonyl (C=O) groups excluding carboxylic acids is 1. The van der Waals surface area contributed by atoms with E-state index in [2.05, 4.69) is 0 Å². The van der Waals surface area contributed by atoms with Crippen molar-refractivity contribution in [2.45, 2.75) is 12.6 Å². The second-order valence-electron chi connectivity index (χ2n) is 6.43. The highest BCUT2D eigenvalue weighted by atomic mass is 19.1. The summed E-state index contributed by atoms with van der Waals surface area (Å²) in [6, 6.07) is 12.0. The fraction of sp³-hybridized carbons (Fsp3) is 0.300. The molecule has 27 heavy (non-hydrogen) atoms. The molecule has 0 bridgehead atoms. The van der Waals surface area contributed by atoms with Gasteiger partial charge < -0.3 is 14.7 Å². The molecule has 0 saturated carbocycles. The number of halogens is 1. The highest BCUT2D eigenvalue weighted by molar-refractivity contribution is 5.81. The van der Waals surface area contributed by atoms with Gasteiger partial charge in [0.15, 0.2) is 0 Å². The van der Waals surface area contributed by atoms with Crippen LogP contribution in [0.2, 0.25) is 0 Å². The zero-order chi connectivity index (χ0) is 19.4. The fourth-order valence-electron chi connectivity index (χ4n) is 3.25. The Labute approximate surface area is 156 Å². The molecule has 0 aliphatic carbocycles. The highest BCUT2D eigenvalue weighted by Crippen LogP contribution is 2.26. The molecule has 3 rings (SSSR count). The molecular formula is C20H21FN2O4. The Morgan fingerprint density at radius 3 is 2.59 bits per heavy atom. The van der Waals surface area contributed by atoms with Crippen LogP contribution in [0.4, 0.5) is 4.39 Å². The first-order chi connectivity index (χ1) is 13.0. The molecule has 2 aromatic rings. The molecule has 1 saturated heterocycles. The molecule has 0 aromatic heterocycles. The molecular weight excluding hydrogens is 351 g/mol. The predicted molar refractivity (Wildman–Crippen MR) is 96.8 cm³/mol. The van der Waals surface area contributed by atoms with Crippen LogP contribution in [0, 0.1) is 5.82 Å². The maximum absolute atomic E-state index is 13.0. The quantitative estimate of drug-likeness (QED) is 0.843. The Kier molecular flexibility index (Phi) is 5.71. The van der Waals surface area contributed by atoms with Crippen LogP contribution in [-0.2, 0) is 16.1 Å². The predicted octanol–water partition coefficient (Wildman–Crippen LogP) is 2.30. The minimum Gasteiger partial charge on any atom is -0.497 e. The van der Waals surface area contributed by atoms with Gasteiger partial charge in [0.25, 0.3) is 0 Å². The summed E-state index contributed by atoms with van der Waals surface area (Å²) < 4.78 is 18.2. The summed E-state index contributed by atoms with van der Waals surface area (Å²) in [6.45, 7) is 1.23. The zero-order valence-electron chi connectivity index (χ0n) is 15.0. The van der Waals surface area contributed by atoms with Gasteiger partial charge in [0.2, 0.25) is 5.91 Å². The molecule has 1 aliphatic rings. The van der Waals surface area contributed by atoms with Crippen molar-refractivity contribution < 1.29 is 23.8 Å². The molecule has 1 fully saturated rings. The van der Waals surface area contributed by atoms with Crippen LogP contribution in [-0.4, -0.2) is 53.5 Å². The summed E-state index contributed by atoms with van der Waals surface area (Å²) >= 11 is 0. The van der Waals surface area contributed by atoms with Crippen LogP contribution in [0.1, 0.15) is 17.2 Å². The first kappa shape index (κ1) is 18.8. The van der Waals surface area contributed by atoms with Gasteiger partial charge in [-0.25, -0.2) is 4.39 Å². The molecule has 142 valence electrons. The lowest BCUT2D eigenvalue weighted by Crippen LogP contribution is -2.52. The number of carboxylic acid groups (broad SMARTS) is 1. The van der Waals surface area contributed by atoms with E-state index in [0.29, 0.717) is 30.9 Å². The van der Waals surface area contributed by atoms with Crippen molar-refractivity contribution in [2.24, 2.45) is 0 Å². The summed E-state index contributed by atoms with van der Waals surface area (Å²) in [5, 5.41) is 9.71. The first-order valence-corrected chi connectivity index (χ1v) is 8.61. The molecule has 6 nitrogen and oxygen atoms in total. The Morgan fingerprint density at radius 1 is 1.22 bits per heavy atom. The molecule has 1 heterocycles. The third-order valence-corrected chi connectivity index (χ3v) is 4.64. The monoisotopic (exact) mass is 372 g/mol. The Balaban J connectivity index is 1.71. The van der Waals surface area contributed by atoms with Gasteiger partial charge in [0, 0.05) is 19.6 Å². The lowest BCUT2D eigenvalue weighted by Gasteiger charge is -2.37. The van der Waals surface area contributed by atoms with E-state index in [1.54, 1.807) is 46.2 Å². The van der Waals surface area contributed by atoms with E-state index in [-0.39, 0.29) is 18.3 Å². The summed E-state index contributed by atoms with van der Waals surface area (Å²) in [5.41, 5.74) is 1.41. The van der Waals surface area contributed by atoms with Gasteiger partial charge in [0.1, 0.15) is 17.6 Å². The van der Waals surface area contributed by atoms with E-state index in [0.717, 1.165) is 5.56 Å². The summed E-state index contributed by atoms with van der Waals surface area (Å²) in [4.78, 5) is 27.7. The number of amides is 1. The van der Waals surface area contributed by atoms with Crippen molar-refractivity contribution in [3.05, 3.63) is 65.5 Å². The molecule has 1 N–H and O–H groups in total. The third kappa shape index (κ3) is 4.43. The van der Waals surface area contributed by atoms with Crippen LogP contribution >= 0.6 is 0 Å². The number of hydrogen-bond donors (Lipinski definition) is 1. The number of piperazine rings is 1. The summed E-state index contributed by atoms with van der Waals surface area (Å²) in [5.74, 6) is -0.916. The molecule has 1 amide bonds. The van der Waals surface area contributed by atoms with E-state index in [9.17, 15) is 19.1 Å². The Bertz CT molecular complexity index is 825. The standard InChI is InChI=1S/C20H21FN2O4/c1-27-17-4-2-3-15(11-17)19(20(25)26)23-10-9-22(18(24)13-23)12-14-5-7-16(21)8-6-14/h2-8,11,19H,9-10,12-13H2,1H3,(H,25,26)/t19-/m0/s1. The van der Waals surface area contributed by atoms with Crippen LogP contribution in [0.25, 0.3) is 0 Å². The van der Waals surface area contributed by atoms with Crippen molar-refractivity contribution >= 4 is 11.9 Å². The van der Waals surface area contributed by atoms with Gasteiger partial charge in [-0.3, -0.25) is 14.5 Å². The van der Waals surface area contributed by atoms with Crippen LogP contribution in [0.3, 0.4) is 0 Å². The van der Waals surface area contributed by atoms with E-state index in [1.807, 2.05) is 0 Å². The van der Waals surface area contributed by atoms with Crippen LogP contribution < -0.4 is 4.74 Å². The highest BCUT2D eigenvalue weighted by Gasteiger charge is 2.33. The second kappa shape index (κ2) is 8.18. The summed E-state index contributed by atoms with van der Waals surface area (Å²) in [6.07, 6.45) is 0. The Hall–Kier alpha value is -2.93. The van der Waals surface area contributed by atoms with Crippen molar-refractivity contribution in [3.63, 3.8) is 0 Å². The molecule has 7 heteroatoms. The topological polar surface area (TPSA) is 70.1 Å². The number of carbonyl (C=O) groups is 2. The van der Waals surface area contributed by atoms with Crippen molar-refractivity contribution in [1.82, 2.24) is 9.80 Å². The molecule has 0 unspecified atom stereocenters. The first-order valence-electron chi connectivity index (χ1n) is 8.61. The average molecular weight is 372 g/mol. The number of hydrogen-bond acceptors (Lipinski definition) is 4. The molecule has 1 atom stereocenters. The third-order valence-electron chi connectivity index (χ3n) is 4.64. The number of methoxy groups -OCH3 is 1. The van der Waals surface area contributed by atoms with E-state index < -0.39 is 12.0 Å². The summed E-state index contributed by atoms with van der Waals surface area (Å²) in [7, 11) is 1.52. The lowest BCUT2D eigenvalue weighted by atomic mass is 10.0. The number of aliphatic carboxylic acids is 1. The fourth-order valence-corrected chi connectivity index (χ4v) is 3.25. The van der Waals surface area contributed by atoms with E-state index >= 15 is 0 Å². The van der Waals surface area contributed by atoms with Crippen molar-refractivity contribution in [2.75, 3.05) is 26.7 Å². The van der Waals surface area contributed by atoms with Gasteiger partial charge in [-0.1, -0.05) is 24.3 Å². The number of rotatable bonds is 6.